The molecule has 0 N–H and O–H groups in total. The predicted octanol–water partition coefficient (Wildman–Crippen LogP) is 2.54. The second-order valence-corrected chi connectivity index (χ2v) is 7.21. The molecule has 0 radical (unpaired) electrons. The van der Waals surface area contributed by atoms with Gasteiger partial charge in [0.15, 0.2) is 0 Å². The molecule has 31 heavy (non-hydrogen) atoms. The fraction of sp³-hybridized carbons (Fsp3) is 0.0667. The molecule has 4 rings (SSSR count). The molecule has 0 fully saturated rings. The lowest BCUT2D eigenvalue weighted by Gasteiger charge is -2.03. The van der Waals surface area contributed by atoms with Crippen LogP contribution in [0.25, 0.3) is 17.1 Å². The van der Waals surface area contributed by atoms with Gasteiger partial charge in [0.2, 0.25) is 11.0 Å². The predicted molar refractivity (Wildman–Crippen MR) is 107 cm³/mol. The summed E-state index contributed by atoms with van der Waals surface area (Å²) in [6, 6.07) is 10.1. The molecule has 4 aromatic rings. The van der Waals surface area contributed by atoms with E-state index < -0.39 is 21.2 Å². The topological polar surface area (TPSA) is 173 Å². The maximum absolute atomic E-state index is 11.1. The molecule has 0 bridgehead atoms. The van der Waals surface area contributed by atoms with E-state index in [9.17, 15) is 20.2 Å². The molecule has 16 heteroatoms. The number of hydrogen-bond donors (Lipinski definition) is 0. The van der Waals surface area contributed by atoms with Crippen molar-refractivity contribution >= 4 is 34.7 Å². The van der Waals surface area contributed by atoms with E-state index in [1.807, 2.05) is 0 Å². The maximum Gasteiger partial charge on any atom is 0.277 e. The molecule has 0 saturated carbocycles. The minimum Gasteiger partial charge on any atom is -0.258 e. The molecule has 0 aliphatic rings. The number of nitro groups is 2. The van der Waals surface area contributed by atoms with Crippen LogP contribution in [-0.4, -0.2) is 50.3 Å². The van der Waals surface area contributed by atoms with Crippen LogP contribution >= 0.6 is 23.4 Å². The summed E-state index contributed by atoms with van der Waals surface area (Å²) in [5.41, 5.74) is -0.0923. The van der Waals surface area contributed by atoms with Crippen molar-refractivity contribution in [1.82, 2.24) is 40.4 Å². The SMILES string of the molecule is O=[N+]([O-])c1cc(-c2nnn(CSc3nnnn3-c3ccc(Cl)cc3)n2)cc([N+](=O)[O-])c1. The lowest BCUT2D eigenvalue weighted by atomic mass is 10.1. The molecular weight excluding hydrogens is 452 g/mol. The van der Waals surface area contributed by atoms with Crippen molar-refractivity contribution in [2.24, 2.45) is 0 Å². The van der Waals surface area contributed by atoms with Crippen LogP contribution in [0.2, 0.25) is 5.02 Å². The first kappa shape index (κ1) is 20.3. The van der Waals surface area contributed by atoms with Crippen LogP contribution in [0.1, 0.15) is 0 Å². The van der Waals surface area contributed by atoms with Crippen molar-refractivity contribution in [1.29, 1.82) is 0 Å². The van der Waals surface area contributed by atoms with E-state index in [0.29, 0.717) is 15.9 Å². The highest BCUT2D eigenvalue weighted by molar-refractivity contribution is 7.98. The Bertz CT molecular complexity index is 1240. The summed E-state index contributed by atoms with van der Waals surface area (Å²) < 4.78 is 1.50. The molecule has 2 aromatic heterocycles. The summed E-state index contributed by atoms with van der Waals surface area (Å²) in [6.07, 6.45) is 0. The van der Waals surface area contributed by atoms with Gasteiger partial charge in [-0.1, -0.05) is 23.4 Å². The Kier molecular flexibility index (Phi) is 5.50. The Morgan fingerprint density at radius 3 is 2.29 bits per heavy atom. The highest BCUT2D eigenvalue weighted by Crippen LogP contribution is 2.28. The monoisotopic (exact) mass is 460 g/mol. The van der Waals surface area contributed by atoms with Gasteiger partial charge in [0.1, 0.15) is 5.88 Å². The number of hydrogen-bond acceptors (Lipinski definition) is 11. The highest BCUT2D eigenvalue weighted by Gasteiger charge is 2.20. The van der Waals surface area contributed by atoms with E-state index in [0.717, 1.165) is 18.2 Å². The largest absolute Gasteiger partial charge is 0.277 e. The van der Waals surface area contributed by atoms with Crippen LogP contribution in [-0.2, 0) is 5.88 Å². The van der Waals surface area contributed by atoms with E-state index in [-0.39, 0.29) is 17.3 Å². The van der Waals surface area contributed by atoms with Gasteiger partial charge in [-0.15, -0.1) is 15.3 Å². The van der Waals surface area contributed by atoms with Crippen LogP contribution < -0.4 is 0 Å². The summed E-state index contributed by atoms with van der Waals surface area (Å²) in [4.78, 5) is 21.9. The molecule has 2 heterocycles. The Balaban J connectivity index is 1.54. The van der Waals surface area contributed by atoms with Crippen molar-refractivity contribution in [2.75, 3.05) is 0 Å². The third kappa shape index (κ3) is 4.46. The second kappa shape index (κ2) is 8.41. The molecule has 0 spiro atoms. The Morgan fingerprint density at radius 1 is 0.968 bits per heavy atom. The normalized spacial score (nSPS) is 10.9. The number of tetrazole rings is 2. The fourth-order valence-electron chi connectivity index (χ4n) is 2.48. The summed E-state index contributed by atoms with van der Waals surface area (Å²) in [7, 11) is 0. The summed E-state index contributed by atoms with van der Waals surface area (Å²) >= 11 is 7.10. The van der Waals surface area contributed by atoms with Crippen LogP contribution in [0.3, 0.4) is 0 Å². The number of benzene rings is 2. The van der Waals surface area contributed by atoms with Crippen molar-refractivity contribution in [3.63, 3.8) is 0 Å². The number of halogens is 1. The van der Waals surface area contributed by atoms with Crippen molar-refractivity contribution in [3.05, 3.63) is 67.7 Å². The van der Waals surface area contributed by atoms with Crippen molar-refractivity contribution in [3.8, 4) is 17.1 Å². The van der Waals surface area contributed by atoms with Gasteiger partial charge >= 0.3 is 0 Å². The first-order valence-electron chi connectivity index (χ1n) is 8.30. The van der Waals surface area contributed by atoms with E-state index in [4.69, 9.17) is 11.6 Å². The second-order valence-electron chi connectivity index (χ2n) is 5.86. The number of rotatable bonds is 7. The van der Waals surface area contributed by atoms with Crippen LogP contribution in [0.4, 0.5) is 11.4 Å². The molecular formula is C15H9ClN10O4S. The number of non-ortho nitro benzene ring substituents is 2. The van der Waals surface area contributed by atoms with Crippen LogP contribution in [0.5, 0.6) is 0 Å². The van der Waals surface area contributed by atoms with E-state index in [2.05, 4.69) is 30.9 Å². The molecule has 0 unspecified atom stereocenters. The summed E-state index contributed by atoms with van der Waals surface area (Å²) in [6.45, 7) is 0. The zero-order chi connectivity index (χ0) is 22.0. The lowest BCUT2D eigenvalue weighted by molar-refractivity contribution is -0.394. The number of thioether (sulfide) groups is 1. The zero-order valence-electron chi connectivity index (χ0n) is 15.1. The first-order valence-corrected chi connectivity index (χ1v) is 9.66. The third-order valence-electron chi connectivity index (χ3n) is 3.86. The highest BCUT2D eigenvalue weighted by atomic mass is 35.5. The average Bonchev–Trinajstić information content (AvgIpc) is 3.42. The zero-order valence-corrected chi connectivity index (χ0v) is 16.7. The van der Waals surface area contributed by atoms with Gasteiger partial charge < -0.3 is 0 Å². The number of nitro benzene ring substituents is 2. The Hall–Kier alpha value is -3.98. The van der Waals surface area contributed by atoms with Crippen LogP contribution in [0.15, 0.2) is 47.6 Å². The maximum atomic E-state index is 11.1. The minimum atomic E-state index is -0.729. The quantitative estimate of drug-likeness (QED) is 0.225. The third-order valence-corrected chi connectivity index (χ3v) is 4.98. The van der Waals surface area contributed by atoms with Crippen LogP contribution in [0, 0.1) is 20.2 Å². The Morgan fingerprint density at radius 2 is 1.65 bits per heavy atom. The van der Waals surface area contributed by atoms with Crippen molar-refractivity contribution in [2.45, 2.75) is 11.0 Å². The summed E-state index contributed by atoms with van der Waals surface area (Å²) in [5, 5.41) is 46.5. The number of aromatic nitrogens is 8. The van der Waals surface area contributed by atoms with E-state index >= 15 is 0 Å². The molecule has 0 atom stereocenters. The molecule has 14 nitrogen and oxygen atoms in total. The average molecular weight is 461 g/mol. The molecule has 0 aliphatic heterocycles. The number of nitrogens with zero attached hydrogens (tertiary/aromatic N) is 10. The van der Waals surface area contributed by atoms with E-state index in [1.165, 1.54) is 21.2 Å². The standard InChI is InChI=1S/C15H9ClN10O4S/c16-10-1-3-11(4-2-10)24-15(18-20-22-24)31-8-23-19-14(17-21-23)9-5-12(25(27)28)7-13(6-9)26(29)30/h1-7H,8H2. The van der Waals surface area contributed by atoms with Crippen molar-refractivity contribution < 1.29 is 9.85 Å². The van der Waals surface area contributed by atoms with Gasteiger partial charge in [-0.05, 0) is 39.9 Å². The molecule has 0 aliphatic carbocycles. The molecule has 0 saturated heterocycles. The van der Waals surface area contributed by atoms with Gasteiger partial charge in [-0.2, -0.15) is 9.48 Å². The molecule has 2 aromatic carbocycles. The molecule has 156 valence electrons. The smallest absolute Gasteiger partial charge is 0.258 e. The molecule has 0 amide bonds. The Labute approximate surface area is 181 Å². The van der Waals surface area contributed by atoms with E-state index in [1.54, 1.807) is 24.3 Å². The fourth-order valence-corrected chi connectivity index (χ4v) is 3.30. The summed E-state index contributed by atoms with van der Waals surface area (Å²) in [5.74, 6) is 0.169. The first-order chi connectivity index (χ1) is 14.9. The van der Waals surface area contributed by atoms with Gasteiger partial charge in [0, 0.05) is 22.7 Å². The van der Waals surface area contributed by atoms with Gasteiger partial charge in [-0.25, -0.2) is 0 Å². The lowest BCUT2D eigenvalue weighted by Crippen LogP contribution is -2.03. The van der Waals surface area contributed by atoms with Gasteiger partial charge in [0.25, 0.3) is 11.4 Å². The van der Waals surface area contributed by atoms with Gasteiger partial charge in [0.05, 0.1) is 21.6 Å². The van der Waals surface area contributed by atoms with Gasteiger partial charge in [-0.3, -0.25) is 20.2 Å². The minimum absolute atomic E-state index is 0.00435.